The standard InChI is InChI=1S/C17H20FNO/c1-12-7-6-9-14(17(12)18)15(19-2)11-13-8-4-5-10-16(13)20-3/h4-10,15,19H,11H2,1-3H3. The van der Waals surface area contributed by atoms with E-state index in [0.717, 1.165) is 11.3 Å². The molecule has 0 bridgehead atoms. The summed E-state index contributed by atoms with van der Waals surface area (Å²) < 4.78 is 19.6. The molecule has 20 heavy (non-hydrogen) atoms. The molecule has 0 aromatic heterocycles. The summed E-state index contributed by atoms with van der Waals surface area (Å²) in [5, 5.41) is 3.19. The van der Waals surface area contributed by atoms with Gasteiger partial charge < -0.3 is 10.1 Å². The van der Waals surface area contributed by atoms with E-state index in [1.165, 1.54) is 0 Å². The molecule has 0 saturated carbocycles. The van der Waals surface area contributed by atoms with Crippen molar-refractivity contribution in [3.8, 4) is 5.75 Å². The van der Waals surface area contributed by atoms with Gasteiger partial charge in [-0.3, -0.25) is 0 Å². The van der Waals surface area contributed by atoms with E-state index >= 15 is 0 Å². The Morgan fingerprint density at radius 3 is 2.60 bits per heavy atom. The van der Waals surface area contributed by atoms with Crippen molar-refractivity contribution in [2.24, 2.45) is 0 Å². The third kappa shape index (κ3) is 2.99. The molecule has 1 N–H and O–H groups in total. The van der Waals surface area contributed by atoms with Gasteiger partial charge in [0.15, 0.2) is 0 Å². The number of nitrogens with one attached hydrogen (secondary N) is 1. The van der Waals surface area contributed by atoms with E-state index in [1.54, 1.807) is 20.1 Å². The quantitative estimate of drug-likeness (QED) is 0.898. The summed E-state index contributed by atoms with van der Waals surface area (Å²) in [5.41, 5.74) is 2.43. The second-order valence-corrected chi connectivity index (χ2v) is 4.84. The van der Waals surface area contributed by atoms with Crippen LogP contribution in [0.3, 0.4) is 0 Å². The second-order valence-electron chi connectivity index (χ2n) is 4.84. The second kappa shape index (κ2) is 6.53. The van der Waals surface area contributed by atoms with E-state index in [0.29, 0.717) is 17.5 Å². The van der Waals surface area contributed by atoms with Gasteiger partial charge in [0.1, 0.15) is 11.6 Å². The molecule has 2 aromatic rings. The number of hydrogen-bond acceptors (Lipinski definition) is 2. The Labute approximate surface area is 119 Å². The highest BCUT2D eigenvalue weighted by Crippen LogP contribution is 2.27. The van der Waals surface area contributed by atoms with Crippen molar-refractivity contribution >= 4 is 0 Å². The molecule has 0 amide bonds. The van der Waals surface area contributed by atoms with Gasteiger partial charge in [-0.2, -0.15) is 0 Å². The van der Waals surface area contributed by atoms with Crippen molar-refractivity contribution in [2.75, 3.05) is 14.2 Å². The van der Waals surface area contributed by atoms with E-state index < -0.39 is 0 Å². The lowest BCUT2D eigenvalue weighted by Crippen LogP contribution is -2.20. The fourth-order valence-electron chi connectivity index (χ4n) is 2.40. The Hall–Kier alpha value is -1.87. The van der Waals surface area contributed by atoms with Gasteiger partial charge in [0.25, 0.3) is 0 Å². The number of likely N-dealkylation sites (N-methyl/N-ethyl adjacent to an activating group) is 1. The summed E-state index contributed by atoms with van der Waals surface area (Å²) in [6.45, 7) is 1.79. The number of aryl methyl sites for hydroxylation is 1. The number of benzene rings is 2. The lowest BCUT2D eigenvalue weighted by molar-refractivity contribution is 0.406. The van der Waals surface area contributed by atoms with E-state index in [9.17, 15) is 4.39 Å². The monoisotopic (exact) mass is 273 g/mol. The van der Waals surface area contributed by atoms with Gasteiger partial charge in [0.2, 0.25) is 0 Å². The molecule has 0 aliphatic carbocycles. The van der Waals surface area contributed by atoms with Gasteiger partial charge in [-0.25, -0.2) is 4.39 Å². The fraction of sp³-hybridized carbons (Fsp3) is 0.294. The highest BCUT2D eigenvalue weighted by Gasteiger charge is 2.17. The SMILES string of the molecule is CNC(Cc1ccccc1OC)c1cccc(C)c1F. The molecule has 2 rings (SSSR count). The van der Waals surface area contributed by atoms with Gasteiger partial charge in [-0.05, 0) is 37.6 Å². The predicted molar refractivity (Wildman–Crippen MR) is 79.6 cm³/mol. The van der Waals surface area contributed by atoms with E-state index in [-0.39, 0.29) is 11.9 Å². The summed E-state index contributed by atoms with van der Waals surface area (Å²) >= 11 is 0. The first-order valence-corrected chi connectivity index (χ1v) is 6.71. The number of halogens is 1. The van der Waals surface area contributed by atoms with Crippen molar-refractivity contribution in [3.63, 3.8) is 0 Å². The maximum absolute atomic E-state index is 14.3. The van der Waals surface area contributed by atoms with Crippen LogP contribution in [0.1, 0.15) is 22.7 Å². The molecular weight excluding hydrogens is 253 g/mol. The Kier molecular flexibility index (Phi) is 4.74. The molecule has 1 unspecified atom stereocenters. The first-order chi connectivity index (χ1) is 9.67. The normalized spacial score (nSPS) is 12.2. The van der Waals surface area contributed by atoms with Crippen molar-refractivity contribution in [2.45, 2.75) is 19.4 Å². The average Bonchev–Trinajstić information content (AvgIpc) is 2.48. The summed E-state index contributed by atoms with van der Waals surface area (Å²) in [6, 6.07) is 13.3. The molecule has 0 saturated heterocycles. The minimum Gasteiger partial charge on any atom is -0.496 e. The zero-order valence-electron chi connectivity index (χ0n) is 12.1. The Morgan fingerprint density at radius 2 is 1.90 bits per heavy atom. The molecule has 0 spiro atoms. The zero-order chi connectivity index (χ0) is 14.5. The molecule has 2 aromatic carbocycles. The molecule has 0 aliphatic heterocycles. The van der Waals surface area contributed by atoms with Crippen molar-refractivity contribution in [3.05, 3.63) is 65.0 Å². The van der Waals surface area contributed by atoms with Crippen molar-refractivity contribution in [1.82, 2.24) is 5.32 Å². The van der Waals surface area contributed by atoms with E-state index in [4.69, 9.17) is 4.74 Å². The highest BCUT2D eigenvalue weighted by molar-refractivity contribution is 5.36. The molecule has 2 nitrogen and oxygen atoms in total. The smallest absolute Gasteiger partial charge is 0.130 e. The Morgan fingerprint density at radius 1 is 1.15 bits per heavy atom. The molecule has 0 heterocycles. The zero-order valence-corrected chi connectivity index (χ0v) is 12.1. The van der Waals surface area contributed by atoms with Crippen LogP contribution in [-0.2, 0) is 6.42 Å². The van der Waals surface area contributed by atoms with E-state index in [1.807, 2.05) is 43.4 Å². The maximum Gasteiger partial charge on any atom is 0.130 e. The van der Waals surface area contributed by atoms with Gasteiger partial charge >= 0.3 is 0 Å². The third-order valence-electron chi connectivity index (χ3n) is 3.56. The van der Waals surface area contributed by atoms with Crippen LogP contribution in [0.5, 0.6) is 5.75 Å². The van der Waals surface area contributed by atoms with Gasteiger partial charge in [0.05, 0.1) is 7.11 Å². The number of ether oxygens (including phenoxy) is 1. The van der Waals surface area contributed by atoms with Gasteiger partial charge in [-0.1, -0.05) is 36.4 Å². The van der Waals surface area contributed by atoms with Crippen LogP contribution in [0.15, 0.2) is 42.5 Å². The van der Waals surface area contributed by atoms with Gasteiger partial charge in [0, 0.05) is 11.6 Å². The third-order valence-corrected chi connectivity index (χ3v) is 3.56. The molecule has 0 aliphatic rings. The molecule has 1 atom stereocenters. The van der Waals surface area contributed by atoms with Crippen molar-refractivity contribution in [1.29, 1.82) is 0 Å². The highest BCUT2D eigenvalue weighted by atomic mass is 19.1. The van der Waals surface area contributed by atoms with Crippen LogP contribution >= 0.6 is 0 Å². The van der Waals surface area contributed by atoms with Crippen molar-refractivity contribution < 1.29 is 9.13 Å². The van der Waals surface area contributed by atoms with Gasteiger partial charge in [-0.15, -0.1) is 0 Å². The topological polar surface area (TPSA) is 21.3 Å². The van der Waals surface area contributed by atoms with Crippen LogP contribution in [0.4, 0.5) is 4.39 Å². The molecular formula is C17H20FNO. The fourth-order valence-corrected chi connectivity index (χ4v) is 2.40. The lowest BCUT2D eigenvalue weighted by Gasteiger charge is -2.19. The summed E-state index contributed by atoms with van der Waals surface area (Å²) in [6.07, 6.45) is 0.681. The number of hydrogen-bond donors (Lipinski definition) is 1. The van der Waals surface area contributed by atoms with Crippen LogP contribution in [-0.4, -0.2) is 14.2 Å². The molecule has 0 radical (unpaired) electrons. The minimum atomic E-state index is -0.137. The summed E-state index contributed by atoms with van der Waals surface area (Å²) in [5.74, 6) is 0.697. The Balaban J connectivity index is 2.31. The largest absolute Gasteiger partial charge is 0.496 e. The van der Waals surface area contributed by atoms with Crippen LogP contribution in [0.25, 0.3) is 0 Å². The first kappa shape index (κ1) is 14.5. The van der Waals surface area contributed by atoms with Crippen LogP contribution in [0, 0.1) is 12.7 Å². The Bertz CT molecular complexity index is 583. The van der Waals surface area contributed by atoms with E-state index in [2.05, 4.69) is 5.32 Å². The molecule has 106 valence electrons. The molecule has 3 heteroatoms. The molecule has 0 fully saturated rings. The first-order valence-electron chi connectivity index (χ1n) is 6.71. The minimum absolute atomic E-state index is 0.0776. The van der Waals surface area contributed by atoms with Crippen LogP contribution in [0.2, 0.25) is 0 Å². The number of para-hydroxylation sites is 1. The summed E-state index contributed by atoms with van der Waals surface area (Å²) in [4.78, 5) is 0. The number of rotatable bonds is 5. The lowest BCUT2D eigenvalue weighted by atomic mass is 9.96. The maximum atomic E-state index is 14.3. The number of methoxy groups -OCH3 is 1. The van der Waals surface area contributed by atoms with Crippen LogP contribution < -0.4 is 10.1 Å². The summed E-state index contributed by atoms with van der Waals surface area (Å²) in [7, 11) is 3.50. The predicted octanol–water partition coefficient (Wildman–Crippen LogP) is 3.65. The average molecular weight is 273 g/mol.